The molecule has 8 heteroatoms. The second kappa shape index (κ2) is 8.25. The first-order chi connectivity index (χ1) is 17.6. The number of imide groups is 1. The second-order valence-electron chi connectivity index (χ2n) is 10.7. The molecule has 3 amide bonds. The van der Waals surface area contributed by atoms with Crippen molar-refractivity contribution in [3.8, 4) is 11.5 Å². The number of likely N-dealkylation sites (tertiary alicyclic amines) is 1. The summed E-state index contributed by atoms with van der Waals surface area (Å²) in [5.74, 6) is 1.83. The molecule has 1 saturated carbocycles. The van der Waals surface area contributed by atoms with E-state index in [-0.39, 0.29) is 31.1 Å². The van der Waals surface area contributed by atoms with Crippen LogP contribution in [0.5, 0.6) is 11.5 Å². The zero-order valence-electron chi connectivity index (χ0n) is 20.2. The third kappa shape index (κ3) is 3.38. The van der Waals surface area contributed by atoms with Gasteiger partial charge in [-0.25, -0.2) is 0 Å². The Balaban J connectivity index is 1.07. The molecule has 0 radical (unpaired) electrons. The highest BCUT2D eigenvalue weighted by atomic mass is 16.7. The van der Waals surface area contributed by atoms with Gasteiger partial charge in [-0.3, -0.25) is 19.3 Å². The van der Waals surface area contributed by atoms with Gasteiger partial charge in [-0.1, -0.05) is 12.1 Å². The molecule has 186 valence electrons. The van der Waals surface area contributed by atoms with Gasteiger partial charge in [-0.15, -0.1) is 0 Å². The van der Waals surface area contributed by atoms with Crippen LogP contribution in [0.4, 0.5) is 5.69 Å². The van der Waals surface area contributed by atoms with E-state index in [4.69, 9.17) is 9.47 Å². The molecule has 2 aromatic rings. The van der Waals surface area contributed by atoms with Crippen molar-refractivity contribution in [2.75, 3.05) is 31.3 Å². The van der Waals surface area contributed by atoms with Crippen molar-refractivity contribution in [2.45, 2.75) is 44.7 Å². The lowest BCUT2D eigenvalue weighted by atomic mass is 9.93. The summed E-state index contributed by atoms with van der Waals surface area (Å²) < 4.78 is 10.8. The Labute approximate surface area is 209 Å². The first-order valence-electron chi connectivity index (χ1n) is 13.0. The van der Waals surface area contributed by atoms with E-state index < -0.39 is 0 Å². The van der Waals surface area contributed by atoms with Crippen molar-refractivity contribution in [3.05, 3.63) is 53.1 Å². The van der Waals surface area contributed by atoms with Crippen LogP contribution in [0.2, 0.25) is 0 Å². The minimum atomic E-state index is -0.274. The number of hydrogen-bond donors (Lipinski definition) is 0. The first-order valence-corrected chi connectivity index (χ1v) is 13.0. The zero-order valence-corrected chi connectivity index (χ0v) is 20.2. The minimum absolute atomic E-state index is 0.0530. The molecule has 4 heterocycles. The third-order valence-corrected chi connectivity index (χ3v) is 8.63. The average molecular weight is 488 g/mol. The van der Waals surface area contributed by atoms with Crippen LogP contribution in [0.3, 0.4) is 0 Å². The van der Waals surface area contributed by atoms with E-state index in [0.29, 0.717) is 53.6 Å². The number of nitrogens with zero attached hydrogens (tertiary/aromatic N) is 3. The number of benzene rings is 2. The van der Waals surface area contributed by atoms with Crippen LogP contribution in [-0.2, 0) is 11.3 Å². The van der Waals surface area contributed by atoms with Crippen molar-refractivity contribution in [3.63, 3.8) is 0 Å². The molecule has 0 N–H and O–H groups in total. The maximum absolute atomic E-state index is 13.5. The SMILES string of the molecule is O=C1c2cccc(N3CCC(C(=O)N4C[C@H]5CC[C@@H]4C5)CC3)c2C(=O)N1Cc1ccc2c(c1)OCO2. The van der Waals surface area contributed by atoms with Gasteiger partial charge in [-0.2, -0.15) is 0 Å². The Bertz CT molecular complexity index is 1270. The minimum Gasteiger partial charge on any atom is -0.454 e. The van der Waals surface area contributed by atoms with Gasteiger partial charge in [0.05, 0.1) is 23.4 Å². The van der Waals surface area contributed by atoms with E-state index in [0.717, 1.165) is 37.1 Å². The lowest BCUT2D eigenvalue weighted by molar-refractivity contribution is -0.137. The molecular weight excluding hydrogens is 458 g/mol. The normalized spacial score (nSPS) is 24.7. The van der Waals surface area contributed by atoms with Gasteiger partial charge in [0, 0.05) is 31.6 Å². The Hall–Kier alpha value is -3.55. The van der Waals surface area contributed by atoms with Crippen molar-refractivity contribution in [1.29, 1.82) is 0 Å². The van der Waals surface area contributed by atoms with E-state index in [9.17, 15) is 14.4 Å². The number of hydrogen-bond acceptors (Lipinski definition) is 6. The molecular formula is C28H29N3O5. The maximum Gasteiger partial charge on any atom is 0.263 e. The van der Waals surface area contributed by atoms with Crippen LogP contribution in [0, 0.1) is 11.8 Å². The highest BCUT2D eigenvalue weighted by Gasteiger charge is 2.43. The van der Waals surface area contributed by atoms with E-state index in [1.807, 2.05) is 24.3 Å². The van der Waals surface area contributed by atoms with Crippen LogP contribution in [-0.4, -0.2) is 60.0 Å². The van der Waals surface area contributed by atoms with Gasteiger partial charge in [0.1, 0.15) is 0 Å². The number of carbonyl (C=O) groups excluding carboxylic acids is 3. The fourth-order valence-electron chi connectivity index (χ4n) is 6.74. The molecule has 0 aromatic heterocycles. The van der Waals surface area contributed by atoms with E-state index in [1.165, 1.54) is 17.7 Å². The summed E-state index contributed by atoms with van der Waals surface area (Å²) in [5, 5.41) is 0. The van der Waals surface area contributed by atoms with E-state index >= 15 is 0 Å². The molecule has 3 fully saturated rings. The number of rotatable bonds is 4. The standard InChI is InChI=1S/C28H29N3O5/c32-26(30-14-17-4-6-20(30)12-17)19-8-10-29(11-9-19)22-3-1-2-21-25(22)28(34)31(27(21)33)15-18-5-7-23-24(13-18)36-16-35-23/h1-3,5,7,13,17,19-20H,4,6,8-12,14-16H2/t17-,20+/m0/s1. The van der Waals surface area contributed by atoms with Crippen molar-refractivity contribution in [2.24, 2.45) is 11.8 Å². The van der Waals surface area contributed by atoms with E-state index in [2.05, 4.69) is 9.80 Å². The number of piperidine rings is 2. The molecule has 2 saturated heterocycles. The number of anilines is 1. The lowest BCUT2D eigenvalue weighted by Crippen LogP contribution is -2.45. The van der Waals surface area contributed by atoms with Crippen LogP contribution < -0.4 is 14.4 Å². The molecule has 5 aliphatic rings. The van der Waals surface area contributed by atoms with E-state index in [1.54, 1.807) is 12.1 Å². The van der Waals surface area contributed by atoms with Gasteiger partial charge < -0.3 is 19.3 Å². The molecule has 2 atom stereocenters. The molecule has 1 aliphatic carbocycles. The zero-order chi connectivity index (χ0) is 24.4. The fraction of sp³-hybridized carbons (Fsp3) is 0.464. The number of amides is 3. The van der Waals surface area contributed by atoms with Gasteiger partial charge >= 0.3 is 0 Å². The van der Waals surface area contributed by atoms with Gasteiger partial charge in [0.15, 0.2) is 11.5 Å². The predicted molar refractivity (Wildman–Crippen MR) is 131 cm³/mol. The highest BCUT2D eigenvalue weighted by molar-refractivity contribution is 6.23. The topological polar surface area (TPSA) is 79.4 Å². The molecule has 36 heavy (non-hydrogen) atoms. The summed E-state index contributed by atoms with van der Waals surface area (Å²) in [5.41, 5.74) is 2.53. The molecule has 7 rings (SSSR count). The number of fused-ring (bicyclic) bond motifs is 4. The Kier molecular flexibility index (Phi) is 4.98. The summed E-state index contributed by atoms with van der Waals surface area (Å²) >= 11 is 0. The van der Waals surface area contributed by atoms with Crippen LogP contribution in [0.25, 0.3) is 0 Å². The Morgan fingerprint density at radius 2 is 1.78 bits per heavy atom. The molecule has 0 spiro atoms. The summed E-state index contributed by atoms with van der Waals surface area (Å²) in [6.07, 6.45) is 5.16. The summed E-state index contributed by atoms with van der Waals surface area (Å²) in [4.78, 5) is 45.5. The van der Waals surface area contributed by atoms with Crippen LogP contribution >= 0.6 is 0 Å². The van der Waals surface area contributed by atoms with Crippen LogP contribution in [0.1, 0.15) is 58.4 Å². The van der Waals surface area contributed by atoms with Crippen molar-refractivity contribution < 1.29 is 23.9 Å². The van der Waals surface area contributed by atoms with Gasteiger partial charge in [0.25, 0.3) is 11.8 Å². The lowest BCUT2D eigenvalue weighted by Gasteiger charge is -2.37. The van der Waals surface area contributed by atoms with Crippen LogP contribution in [0.15, 0.2) is 36.4 Å². The summed E-state index contributed by atoms with van der Waals surface area (Å²) in [6.45, 7) is 2.70. The molecule has 4 aliphatic heterocycles. The number of ether oxygens (including phenoxy) is 2. The maximum atomic E-state index is 13.5. The highest BCUT2D eigenvalue weighted by Crippen LogP contribution is 2.40. The van der Waals surface area contributed by atoms with Gasteiger partial charge in [0.2, 0.25) is 12.7 Å². The van der Waals surface area contributed by atoms with Crippen molar-refractivity contribution >= 4 is 23.4 Å². The molecule has 0 unspecified atom stereocenters. The molecule has 2 bridgehead atoms. The first kappa shape index (κ1) is 21.7. The molecule has 8 nitrogen and oxygen atoms in total. The predicted octanol–water partition coefficient (Wildman–Crippen LogP) is 3.44. The quantitative estimate of drug-likeness (QED) is 0.615. The third-order valence-electron chi connectivity index (χ3n) is 8.63. The summed E-state index contributed by atoms with van der Waals surface area (Å²) in [6, 6.07) is 11.4. The fourth-order valence-corrected chi connectivity index (χ4v) is 6.74. The van der Waals surface area contributed by atoms with Gasteiger partial charge in [-0.05, 0) is 67.9 Å². The molecule has 2 aromatic carbocycles. The smallest absolute Gasteiger partial charge is 0.263 e. The Morgan fingerprint density at radius 3 is 2.56 bits per heavy atom. The number of carbonyl (C=O) groups is 3. The second-order valence-corrected chi connectivity index (χ2v) is 10.7. The summed E-state index contributed by atoms with van der Waals surface area (Å²) in [7, 11) is 0. The van der Waals surface area contributed by atoms with Crippen molar-refractivity contribution in [1.82, 2.24) is 9.80 Å². The average Bonchev–Trinajstić information content (AvgIpc) is 3.70. The monoisotopic (exact) mass is 487 g/mol. The largest absolute Gasteiger partial charge is 0.454 e. The Morgan fingerprint density at radius 1 is 0.944 bits per heavy atom.